The van der Waals surface area contributed by atoms with Crippen molar-refractivity contribution in [2.24, 2.45) is 0 Å². The van der Waals surface area contributed by atoms with Gasteiger partial charge in [0.05, 0.1) is 35.9 Å². The van der Waals surface area contributed by atoms with Crippen molar-refractivity contribution < 1.29 is 16.8 Å². The normalized spacial score (nSPS) is 18.7. The summed E-state index contributed by atoms with van der Waals surface area (Å²) in [4.78, 5) is 10.4. The van der Waals surface area contributed by atoms with Crippen LogP contribution in [0.1, 0.15) is 38.8 Å². The minimum Gasteiger partial charge on any atom is -0.354 e. The lowest BCUT2D eigenvalue weighted by Gasteiger charge is -2.46. The van der Waals surface area contributed by atoms with Gasteiger partial charge >= 0.3 is 0 Å². The molecule has 4 aromatic heterocycles. The molecule has 1 N–H and O–H groups in total. The molecule has 2 fully saturated rings. The van der Waals surface area contributed by atoms with Gasteiger partial charge in [-0.15, -0.1) is 12.4 Å². The minimum atomic E-state index is -3.19. The zero-order chi connectivity index (χ0) is 33.4. The monoisotopic (exact) mass is 716 g/mol. The van der Waals surface area contributed by atoms with Crippen LogP contribution < -0.4 is 10.2 Å². The van der Waals surface area contributed by atoms with E-state index in [4.69, 9.17) is 11.6 Å². The van der Waals surface area contributed by atoms with E-state index in [0.717, 1.165) is 35.5 Å². The van der Waals surface area contributed by atoms with Gasteiger partial charge in [0, 0.05) is 50.3 Å². The van der Waals surface area contributed by atoms with Gasteiger partial charge in [-0.25, -0.2) is 26.8 Å². The van der Waals surface area contributed by atoms with Crippen molar-refractivity contribution in [3.8, 4) is 0 Å². The van der Waals surface area contributed by atoms with Crippen molar-refractivity contribution in [1.82, 2.24) is 32.7 Å². The van der Waals surface area contributed by atoms with Crippen molar-refractivity contribution in [3.05, 3.63) is 65.6 Å². The highest BCUT2D eigenvalue weighted by atomic mass is 35.5. The van der Waals surface area contributed by atoms with Crippen LogP contribution in [0.5, 0.6) is 0 Å². The zero-order valence-electron chi connectivity index (χ0n) is 27.7. The molecule has 0 saturated carbocycles. The van der Waals surface area contributed by atoms with Gasteiger partial charge in [0.15, 0.2) is 0 Å². The van der Waals surface area contributed by atoms with Crippen LogP contribution in [0, 0.1) is 13.8 Å². The molecular weight excluding hydrogens is 671 g/mol. The SMILES string of the molecule is CC1(C)CNCCN1S(C)(=O)=O.Cc1cc(Cl)n2cncc2c1.Cc1cc(N2CCN(S(C)(=O)=O)C(C)(C)C2)n2cncc2c1.Cl. The summed E-state index contributed by atoms with van der Waals surface area (Å²) < 4.78 is 53.6. The maximum atomic E-state index is 12.0. The van der Waals surface area contributed by atoms with Gasteiger partial charge < -0.3 is 10.2 Å². The fraction of sp³-hybridized carbons (Fsp3) is 0.533. The summed E-state index contributed by atoms with van der Waals surface area (Å²) in [7, 11) is -6.23. The van der Waals surface area contributed by atoms with Crippen molar-refractivity contribution in [3.63, 3.8) is 0 Å². The number of aryl methyl sites for hydroxylation is 2. The number of hydrogen-bond acceptors (Lipinski definition) is 8. The second-order valence-corrected chi connectivity index (χ2v) is 17.2. The molecule has 4 aromatic rings. The van der Waals surface area contributed by atoms with Crippen LogP contribution in [0.25, 0.3) is 11.0 Å². The summed E-state index contributed by atoms with van der Waals surface area (Å²) in [6.45, 7) is 15.7. The van der Waals surface area contributed by atoms with Crippen LogP contribution in [0.4, 0.5) is 5.82 Å². The Balaban J connectivity index is 0.000000203. The van der Waals surface area contributed by atoms with Gasteiger partial charge in [-0.3, -0.25) is 8.80 Å². The molecule has 0 atom stereocenters. The molecule has 0 radical (unpaired) electrons. The number of rotatable bonds is 3. The quantitative estimate of drug-likeness (QED) is 0.317. The highest BCUT2D eigenvalue weighted by Gasteiger charge is 2.39. The van der Waals surface area contributed by atoms with Crippen LogP contribution in [0.2, 0.25) is 5.15 Å². The summed E-state index contributed by atoms with van der Waals surface area (Å²) in [6, 6.07) is 8.17. The van der Waals surface area contributed by atoms with Gasteiger partial charge in [0.25, 0.3) is 0 Å². The van der Waals surface area contributed by atoms with Crippen LogP contribution in [0.15, 0.2) is 49.3 Å². The average Bonchev–Trinajstić information content (AvgIpc) is 3.56. The lowest BCUT2D eigenvalue weighted by molar-refractivity contribution is 0.187. The molecule has 2 saturated heterocycles. The van der Waals surface area contributed by atoms with Gasteiger partial charge in [-0.1, -0.05) is 11.6 Å². The zero-order valence-corrected chi connectivity index (χ0v) is 30.9. The van der Waals surface area contributed by atoms with Gasteiger partial charge in [0.1, 0.15) is 23.6 Å². The smallest absolute Gasteiger partial charge is 0.211 e. The number of piperazine rings is 2. The first kappa shape index (κ1) is 38.0. The van der Waals surface area contributed by atoms with Gasteiger partial charge in [-0.05, 0) is 76.9 Å². The summed E-state index contributed by atoms with van der Waals surface area (Å²) >= 11 is 5.93. The Morgan fingerprint density at radius 3 is 1.80 bits per heavy atom. The topological polar surface area (TPSA) is 125 Å². The van der Waals surface area contributed by atoms with E-state index in [0.29, 0.717) is 31.3 Å². The Labute approximate surface area is 284 Å². The number of nitrogens with one attached hydrogen (secondary N) is 1. The van der Waals surface area contributed by atoms with E-state index in [2.05, 4.69) is 43.6 Å². The molecule has 0 bridgehead atoms. The lowest BCUT2D eigenvalue weighted by atomic mass is 10.0. The Bertz CT molecular complexity index is 1870. The molecular formula is C30H46Cl2N8O4S2. The highest BCUT2D eigenvalue weighted by Crippen LogP contribution is 2.29. The van der Waals surface area contributed by atoms with Crippen molar-refractivity contribution in [1.29, 1.82) is 0 Å². The third kappa shape index (κ3) is 8.91. The number of halogens is 2. The largest absolute Gasteiger partial charge is 0.354 e. The number of sulfonamides is 2. The van der Waals surface area contributed by atoms with Crippen LogP contribution in [-0.4, -0.2) is 107 Å². The molecule has 6 heterocycles. The highest BCUT2D eigenvalue weighted by molar-refractivity contribution is 7.88. The predicted molar refractivity (Wildman–Crippen MR) is 188 cm³/mol. The number of anilines is 1. The first-order valence-electron chi connectivity index (χ1n) is 14.7. The molecule has 0 unspecified atom stereocenters. The molecule has 6 rings (SSSR count). The third-order valence-corrected chi connectivity index (χ3v) is 11.2. The number of hydrogen-bond donors (Lipinski definition) is 1. The number of imidazole rings is 2. The van der Waals surface area contributed by atoms with Gasteiger partial charge in [-0.2, -0.15) is 8.61 Å². The fourth-order valence-corrected chi connectivity index (χ4v) is 9.12. The Hall–Kier alpha value is -2.46. The van der Waals surface area contributed by atoms with E-state index in [9.17, 15) is 16.8 Å². The second kappa shape index (κ2) is 14.3. The van der Waals surface area contributed by atoms with Gasteiger partial charge in [0.2, 0.25) is 20.0 Å². The molecule has 256 valence electrons. The van der Waals surface area contributed by atoms with E-state index in [-0.39, 0.29) is 17.9 Å². The summed E-state index contributed by atoms with van der Waals surface area (Å²) in [6.07, 6.45) is 9.69. The first-order valence-corrected chi connectivity index (χ1v) is 18.8. The molecule has 0 aliphatic carbocycles. The second-order valence-electron chi connectivity index (χ2n) is 13.0. The van der Waals surface area contributed by atoms with Crippen LogP contribution in [0.3, 0.4) is 0 Å². The average molecular weight is 718 g/mol. The maximum absolute atomic E-state index is 12.0. The maximum Gasteiger partial charge on any atom is 0.211 e. The van der Waals surface area contributed by atoms with E-state index in [1.54, 1.807) is 27.5 Å². The number of aromatic nitrogens is 4. The number of pyridine rings is 2. The van der Waals surface area contributed by atoms with E-state index in [1.807, 2.05) is 57.3 Å². The standard InChI is InChI=1S/C15H22N4O2S.C8H7ClN2.C7H16N2O2S.ClH/c1-12-7-13-9-16-11-18(13)14(8-12)17-5-6-19(22(4,20)21)15(2,3)10-17;1-6-2-7-4-10-5-11(7)8(9)3-6;1-7(2)6-8-4-5-9(7)12(3,10)11;/h7-9,11H,5-6,10H2,1-4H3;2-5H,1H3;8H,4-6H2,1-3H3;1H. The number of nitrogens with zero attached hydrogens (tertiary/aromatic N) is 7. The molecule has 0 spiro atoms. The molecule has 0 amide bonds. The summed E-state index contributed by atoms with van der Waals surface area (Å²) in [5, 5.41) is 3.88. The van der Waals surface area contributed by atoms with Crippen molar-refractivity contribution in [2.75, 3.05) is 56.7 Å². The molecule has 0 aromatic carbocycles. The summed E-state index contributed by atoms with van der Waals surface area (Å²) in [5.41, 5.74) is 3.69. The van der Waals surface area contributed by atoms with E-state index < -0.39 is 25.6 Å². The minimum absolute atomic E-state index is 0. The predicted octanol–water partition coefficient (Wildman–Crippen LogP) is 3.85. The van der Waals surface area contributed by atoms with Crippen molar-refractivity contribution >= 4 is 60.9 Å². The van der Waals surface area contributed by atoms with E-state index >= 15 is 0 Å². The molecule has 12 nitrogen and oxygen atoms in total. The Kier molecular flexibility index (Phi) is 11.8. The third-order valence-electron chi connectivity index (χ3n) is 7.94. The Morgan fingerprint density at radius 1 is 0.761 bits per heavy atom. The van der Waals surface area contributed by atoms with Crippen LogP contribution in [-0.2, 0) is 20.0 Å². The first-order chi connectivity index (χ1) is 20.8. The fourth-order valence-electron chi connectivity index (χ4n) is 6.05. The number of fused-ring (bicyclic) bond motifs is 2. The Morgan fingerprint density at radius 2 is 1.28 bits per heavy atom. The molecule has 16 heteroatoms. The molecule has 2 aliphatic rings. The lowest BCUT2D eigenvalue weighted by Crippen LogP contribution is -2.61. The molecule has 46 heavy (non-hydrogen) atoms. The van der Waals surface area contributed by atoms with E-state index in [1.165, 1.54) is 18.1 Å². The summed E-state index contributed by atoms with van der Waals surface area (Å²) in [5.74, 6) is 1.06. The van der Waals surface area contributed by atoms with Crippen LogP contribution >= 0.6 is 24.0 Å². The van der Waals surface area contributed by atoms with Crippen molar-refractivity contribution in [2.45, 2.75) is 52.6 Å². The molecule has 2 aliphatic heterocycles.